The van der Waals surface area contributed by atoms with Crippen LogP contribution in [0.2, 0.25) is 0 Å². The normalized spacial score (nSPS) is 22.7. The second kappa shape index (κ2) is 5.34. The molecule has 7 heteroatoms. The van der Waals surface area contributed by atoms with Crippen LogP contribution in [0.1, 0.15) is 26.7 Å². The van der Waals surface area contributed by atoms with Crippen molar-refractivity contribution < 1.29 is 9.47 Å². The fourth-order valence-corrected chi connectivity index (χ4v) is 1.76. The highest BCUT2D eigenvalue weighted by Crippen LogP contribution is 2.25. The SMILES string of the molecule is COC1CC(Nc2nc(N)nc(OC(C)C)n2)C1. The Morgan fingerprint density at radius 3 is 2.61 bits per heavy atom. The molecule has 1 aliphatic rings. The summed E-state index contributed by atoms with van der Waals surface area (Å²) >= 11 is 0. The van der Waals surface area contributed by atoms with Gasteiger partial charge in [0, 0.05) is 13.2 Å². The summed E-state index contributed by atoms with van der Waals surface area (Å²) in [5.74, 6) is 0.614. The van der Waals surface area contributed by atoms with Crippen LogP contribution in [0.5, 0.6) is 6.01 Å². The third-order valence-electron chi connectivity index (χ3n) is 2.73. The summed E-state index contributed by atoms with van der Waals surface area (Å²) in [4.78, 5) is 12.1. The molecule has 0 saturated heterocycles. The van der Waals surface area contributed by atoms with Gasteiger partial charge in [0.2, 0.25) is 11.9 Å². The minimum Gasteiger partial charge on any atom is -0.461 e. The van der Waals surface area contributed by atoms with Gasteiger partial charge in [-0.25, -0.2) is 0 Å². The van der Waals surface area contributed by atoms with Crippen molar-refractivity contribution in [3.63, 3.8) is 0 Å². The van der Waals surface area contributed by atoms with Gasteiger partial charge in [-0.3, -0.25) is 0 Å². The number of nitrogens with two attached hydrogens (primary N) is 1. The van der Waals surface area contributed by atoms with Gasteiger partial charge in [-0.05, 0) is 26.7 Å². The molecule has 0 atom stereocenters. The maximum Gasteiger partial charge on any atom is 0.323 e. The van der Waals surface area contributed by atoms with Crippen molar-refractivity contribution in [3.8, 4) is 6.01 Å². The van der Waals surface area contributed by atoms with E-state index >= 15 is 0 Å². The lowest BCUT2D eigenvalue weighted by molar-refractivity contribution is 0.0327. The molecule has 1 aliphatic carbocycles. The summed E-state index contributed by atoms with van der Waals surface area (Å²) in [6, 6.07) is 0.575. The molecule has 0 spiro atoms. The van der Waals surface area contributed by atoms with Crippen LogP contribution in [0.25, 0.3) is 0 Å². The summed E-state index contributed by atoms with van der Waals surface area (Å²) in [6.45, 7) is 3.81. The van der Waals surface area contributed by atoms with Crippen LogP contribution in [0.15, 0.2) is 0 Å². The molecule has 1 saturated carbocycles. The van der Waals surface area contributed by atoms with Crippen molar-refractivity contribution in [2.45, 2.75) is 44.9 Å². The molecule has 100 valence electrons. The summed E-state index contributed by atoms with van der Waals surface area (Å²) in [6.07, 6.45) is 2.22. The molecule has 18 heavy (non-hydrogen) atoms. The Balaban J connectivity index is 1.97. The van der Waals surface area contributed by atoms with E-state index in [9.17, 15) is 0 Å². The Morgan fingerprint density at radius 2 is 2.00 bits per heavy atom. The molecule has 1 heterocycles. The standard InChI is InChI=1S/C11H19N5O2/c1-6(2)18-11-15-9(12)14-10(16-11)13-7-4-8(5-7)17-3/h6-8H,4-5H2,1-3H3,(H3,12,13,14,15,16). The first-order chi connectivity index (χ1) is 8.56. The fourth-order valence-electron chi connectivity index (χ4n) is 1.76. The van der Waals surface area contributed by atoms with Crippen LogP contribution in [-0.4, -0.2) is 40.3 Å². The fraction of sp³-hybridized carbons (Fsp3) is 0.727. The topological polar surface area (TPSA) is 95.2 Å². The molecule has 0 amide bonds. The van der Waals surface area contributed by atoms with Gasteiger partial charge >= 0.3 is 6.01 Å². The van der Waals surface area contributed by atoms with E-state index < -0.39 is 0 Å². The second-order valence-corrected chi connectivity index (χ2v) is 4.64. The molecular formula is C11H19N5O2. The molecule has 2 rings (SSSR count). The number of nitrogens with one attached hydrogen (secondary N) is 1. The smallest absolute Gasteiger partial charge is 0.323 e. The van der Waals surface area contributed by atoms with Crippen molar-refractivity contribution in [1.29, 1.82) is 0 Å². The van der Waals surface area contributed by atoms with Crippen molar-refractivity contribution in [3.05, 3.63) is 0 Å². The Hall–Kier alpha value is -1.63. The lowest BCUT2D eigenvalue weighted by atomic mass is 9.89. The summed E-state index contributed by atoms with van der Waals surface area (Å²) in [5.41, 5.74) is 5.62. The van der Waals surface area contributed by atoms with Crippen molar-refractivity contribution >= 4 is 11.9 Å². The first-order valence-corrected chi connectivity index (χ1v) is 6.04. The Morgan fingerprint density at radius 1 is 1.28 bits per heavy atom. The third kappa shape index (κ3) is 3.19. The van der Waals surface area contributed by atoms with Crippen LogP contribution in [0.4, 0.5) is 11.9 Å². The molecular weight excluding hydrogens is 234 g/mol. The predicted molar refractivity (Wildman–Crippen MR) is 67.4 cm³/mol. The Labute approximate surface area is 106 Å². The molecule has 1 fully saturated rings. The highest BCUT2D eigenvalue weighted by atomic mass is 16.5. The molecule has 1 aromatic rings. The number of ether oxygens (including phenoxy) is 2. The summed E-state index contributed by atoms with van der Waals surface area (Å²) in [7, 11) is 1.72. The van der Waals surface area contributed by atoms with E-state index in [0.29, 0.717) is 18.1 Å². The zero-order valence-electron chi connectivity index (χ0n) is 10.9. The molecule has 1 aromatic heterocycles. The predicted octanol–water partition coefficient (Wildman–Crippen LogP) is 0.830. The number of aromatic nitrogens is 3. The molecule has 0 radical (unpaired) electrons. The number of hydrogen-bond acceptors (Lipinski definition) is 7. The number of rotatable bonds is 5. The quantitative estimate of drug-likeness (QED) is 0.802. The maximum atomic E-state index is 5.62. The van der Waals surface area contributed by atoms with E-state index in [1.54, 1.807) is 7.11 Å². The van der Waals surface area contributed by atoms with Crippen LogP contribution in [0.3, 0.4) is 0 Å². The molecule has 7 nitrogen and oxygen atoms in total. The van der Waals surface area contributed by atoms with Crippen molar-refractivity contribution in [1.82, 2.24) is 15.0 Å². The molecule has 0 unspecified atom stereocenters. The second-order valence-electron chi connectivity index (χ2n) is 4.64. The Bertz CT molecular complexity index is 406. The zero-order valence-corrected chi connectivity index (χ0v) is 10.9. The highest BCUT2D eigenvalue weighted by molar-refractivity contribution is 5.34. The molecule has 0 aliphatic heterocycles. The minimum atomic E-state index is 0.00113. The van der Waals surface area contributed by atoms with Crippen molar-refractivity contribution in [2.24, 2.45) is 0 Å². The average molecular weight is 253 g/mol. The number of nitrogens with zero attached hydrogens (tertiary/aromatic N) is 3. The van der Waals surface area contributed by atoms with E-state index in [1.807, 2.05) is 13.8 Å². The first-order valence-electron chi connectivity index (χ1n) is 6.04. The number of nitrogen functional groups attached to an aromatic ring is 1. The van der Waals surface area contributed by atoms with E-state index in [0.717, 1.165) is 12.8 Å². The van der Waals surface area contributed by atoms with E-state index in [1.165, 1.54) is 0 Å². The van der Waals surface area contributed by atoms with Gasteiger partial charge in [0.05, 0.1) is 12.2 Å². The third-order valence-corrected chi connectivity index (χ3v) is 2.73. The number of methoxy groups -OCH3 is 1. The maximum absolute atomic E-state index is 5.62. The number of hydrogen-bond donors (Lipinski definition) is 2. The summed E-state index contributed by atoms with van der Waals surface area (Å²) in [5, 5.41) is 3.19. The van der Waals surface area contributed by atoms with Gasteiger partial charge < -0.3 is 20.5 Å². The van der Waals surface area contributed by atoms with Crippen LogP contribution in [-0.2, 0) is 4.74 Å². The average Bonchev–Trinajstić information content (AvgIpc) is 2.20. The van der Waals surface area contributed by atoms with Gasteiger partial charge in [-0.2, -0.15) is 15.0 Å². The van der Waals surface area contributed by atoms with Crippen LogP contribution in [0, 0.1) is 0 Å². The van der Waals surface area contributed by atoms with Crippen molar-refractivity contribution in [2.75, 3.05) is 18.2 Å². The van der Waals surface area contributed by atoms with Gasteiger partial charge in [0.1, 0.15) is 0 Å². The van der Waals surface area contributed by atoms with Gasteiger partial charge in [0.25, 0.3) is 0 Å². The Kier molecular flexibility index (Phi) is 3.81. The molecule has 3 N–H and O–H groups in total. The van der Waals surface area contributed by atoms with E-state index in [-0.39, 0.29) is 18.1 Å². The van der Waals surface area contributed by atoms with E-state index in [4.69, 9.17) is 15.2 Å². The monoisotopic (exact) mass is 253 g/mol. The van der Waals surface area contributed by atoms with Crippen LogP contribution >= 0.6 is 0 Å². The summed E-state index contributed by atoms with van der Waals surface area (Å²) < 4.78 is 10.6. The molecule has 0 aromatic carbocycles. The highest BCUT2D eigenvalue weighted by Gasteiger charge is 2.29. The lowest BCUT2D eigenvalue weighted by Crippen LogP contribution is -2.40. The van der Waals surface area contributed by atoms with Crippen LogP contribution < -0.4 is 15.8 Å². The van der Waals surface area contributed by atoms with E-state index in [2.05, 4.69) is 20.3 Å². The first kappa shape index (κ1) is 12.8. The zero-order chi connectivity index (χ0) is 13.1. The largest absolute Gasteiger partial charge is 0.461 e. The lowest BCUT2D eigenvalue weighted by Gasteiger charge is -2.34. The minimum absolute atomic E-state index is 0.00113. The van der Waals surface area contributed by atoms with Gasteiger partial charge in [-0.15, -0.1) is 0 Å². The number of anilines is 2. The van der Waals surface area contributed by atoms with Gasteiger partial charge in [0.15, 0.2) is 0 Å². The molecule has 0 bridgehead atoms. The van der Waals surface area contributed by atoms with Gasteiger partial charge in [-0.1, -0.05) is 0 Å².